The predicted octanol–water partition coefficient (Wildman–Crippen LogP) is 9.02. The predicted molar refractivity (Wildman–Crippen MR) is 257 cm³/mol. The third-order valence-electron chi connectivity index (χ3n) is 14.7. The summed E-state index contributed by atoms with van der Waals surface area (Å²) < 4.78 is 59.2. The lowest BCUT2D eigenvalue weighted by molar-refractivity contribution is -0.136. The number of aromatic amines is 2. The van der Waals surface area contributed by atoms with Gasteiger partial charge in [0, 0.05) is 43.5 Å². The molecule has 4 aliphatic heterocycles. The molecule has 3 aromatic carbocycles. The lowest BCUT2D eigenvalue weighted by Gasteiger charge is -2.35. The molecule has 4 fully saturated rings. The van der Waals surface area contributed by atoms with E-state index in [0.717, 1.165) is 31.2 Å². The van der Waals surface area contributed by atoms with Crippen LogP contribution in [0, 0.1) is 29.3 Å². The number of hydrogen-bond donors (Lipinski definition) is 4. The molecule has 0 aliphatic carbocycles. The summed E-state index contributed by atoms with van der Waals surface area (Å²) in [6, 6.07) is 8.11. The first-order valence-electron chi connectivity index (χ1n) is 24.7. The van der Waals surface area contributed by atoms with Crippen molar-refractivity contribution in [1.82, 2.24) is 40.4 Å². The van der Waals surface area contributed by atoms with Gasteiger partial charge >= 0.3 is 12.2 Å². The van der Waals surface area contributed by atoms with Crippen molar-refractivity contribution in [3.05, 3.63) is 82.7 Å². The van der Waals surface area contributed by atoms with Gasteiger partial charge in [0.2, 0.25) is 11.8 Å². The van der Waals surface area contributed by atoms with Gasteiger partial charge < -0.3 is 49.7 Å². The molecule has 6 atom stereocenters. The standard InChI is InChI=1S/C51H63F3N10O6/c1-27(2)43(59-50(67)69-5)48(65)62-20-10-12-41(62)46-55-35-15-14-29(22-36(35)56-46)39-16-17-40(64(39)30-23-33(53)45(34(54)24-30)61-18-8-7-9-19-61)31-25-37-38(26-32(31)52)58-47(57-37)42-13-11-21-63(42)49(66)44(28(3)4)60-51(68)70-6/h14-15,22-28,39-44H,7-13,16-21H2,1-6H3,(H,55,56)(H,57,58)(H,59,67)(H,60,68)/t39-,40-,41+,42?,43+,44+/m1/s1. The van der Waals surface area contributed by atoms with Crippen molar-refractivity contribution >= 4 is 57.4 Å². The Morgan fingerprint density at radius 3 is 1.69 bits per heavy atom. The zero-order valence-corrected chi connectivity index (χ0v) is 40.6. The van der Waals surface area contributed by atoms with E-state index < -0.39 is 59.8 Å². The number of piperidine rings is 1. The molecule has 0 bridgehead atoms. The van der Waals surface area contributed by atoms with Crippen LogP contribution in [0.15, 0.2) is 42.5 Å². The Bertz CT molecular complexity index is 2750. The lowest BCUT2D eigenvalue weighted by Crippen LogP contribution is -2.51. The highest BCUT2D eigenvalue weighted by Gasteiger charge is 2.42. The minimum atomic E-state index is -0.823. The van der Waals surface area contributed by atoms with Gasteiger partial charge in [-0.1, -0.05) is 33.8 Å². The molecule has 6 heterocycles. The maximum atomic E-state index is 16.8. The Morgan fingerprint density at radius 1 is 0.614 bits per heavy atom. The van der Waals surface area contributed by atoms with Crippen LogP contribution in [0.2, 0.25) is 0 Å². The van der Waals surface area contributed by atoms with Gasteiger partial charge in [-0.25, -0.2) is 32.7 Å². The Morgan fingerprint density at radius 2 is 1.14 bits per heavy atom. The molecule has 1 unspecified atom stereocenters. The first-order chi connectivity index (χ1) is 33.6. The molecule has 4 N–H and O–H groups in total. The number of nitrogens with one attached hydrogen (secondary N) is 4. The number of methoxy groups -OCH3 is 2. The number of ether oxygens (including phenoxy) is 2. The van der Waals surface area contributed by atoms with Crippen molar-refractivity contribution in [2.75, 3.05) is 50.2 Å². The quantitative estimate of drug-likeness (QED) is 0.0942. The number of nitrogens with zero attached hydrogens (tertiary/aromatic N) is 6. The van der Waals surface area contributed by atoms with Crippen LogP contribution < -0.4 is 20.4 Å². The van der Waals surface area contributed by atoms with Crippen LogP contribution >= 0.6 is 0 Å². The molecule has 19 heteroatoms. The van der Waals surface area contributed by atoms with Crippen molar-refractivity contribution in [3.8, 4) is 0 Å². The van der Waals surface area contributed by atoms with E-state index in [1.165, 1.54) is 32.4 Å². The number of likely N-dealkylation sites (tertiary alicyclic amines) is 2. The average Bonchev–Trinajstić information content (AvgIpc) is 4.20. The van der Waals surface area contributed by atoms with Crippen molar-refractivity contribution < 1.29 is 41.8 Å². The summed E-state index contributed by atoms with van der Waals surface area (Å²) in [5, 5.41) is 5.36. The number of rotatable bonds is 12. The van der Waals surface area contributed by atoms with Crippen molar-refractivity contribution in [2.24, 2.45) is 11.8 Å². The SMILES string of the molecule is COC(=O)N[C@H](C(=O)N1CCCC1c1nc2cc(F)c([C@H]3CC[C@H](c4ccc5nc([C@@H]6CCCN6C(=O)[C@@H](NC(=O)OC)C(C)C)[nH]c5c4)N3c3cc(F)c(N4CCCCC4)c(F)c3)cc2[nH]1)C(C)C. The first-order valence-corrected chi connectivity index (χ1v) is 24.7. The first kappa shape index (κ1) is 48.5. The summed E-state index contributed by atoms with van der Waals surface area (Å²) in [6.45, 7) is 9.47. The molecule has 374 valence electrons. The maximum absolute atomic E-state index is 16.8. The molecule has 4 amide bonds. The second-order valence-corrected chi connectivity index (χ2v) is 19.8. The third-order valence-corrected chi connectivity index (χ3v) is 14.7. The van der Waals surface area contributed by atoms with E-state index in [1.807, 2.05) is 50.8 Å². The number of aromatic nitrogens is 4. The van der Waals surface area contributed by atoms with E-state index >= 15 is 13.2 Å². The fourth-order valence-corrected chi connectivity index (χ4v) is 11.2. The highest BCUT2D eigenvalue weighted by atomic mass is 19.1. The summed E-state index contributed by atoms with van der Waals surface area (Å²) in [5.41, 5.74) is 3.67. The minimum absolute atomic E-state index is 0.0554. The van der Waals surface area contributed by atoms with Crippen molar-refractivity contribution in [3.63, 3.8) is 0 Å². The molecule has 4 aliphatic rings. The number of H-pyrrole nitrogens is 2. The van der Waals surface area contributed by atoms with E-state index in [0.29, 0.717) is 97.6 Å². The van der Waals surface area contributed by atoms with E-state index in [-0.39, 0.29) is 41.1 Å². The van der Waals surface area contributed by atoms with Crippen LogP contribution in [0.5, 0.6) is 0 Å². The van der Waals surface area contributed by atoms with E-state index in [4.69, 9.17) is 19.4 Å². The summed E-state index contributed by atoms with van der Waals surface area (Å²) in [4.78, 5) is 75.9. The maximum Gasteiger partial charge on any atom is 0.407 e. The molecular formula is C51H63F3N10O6. The molecule has 16 nitrogen and oxygen atoms in total. The number of carbonyl (C=O) groups excluding carboxylic acids is 4. The van der Waals surface area contributed by atoms with Gasteiger partial charge in [-0.05, 0) is 106 Å². The number of imidazole rings is 2. The van der Waals surface area contributed by atoms with E-state index in [9.17, 15) is 19.2 Å². The van der Waals surface area contributed by atoms with E-state index in [2.05, 4.69) is 20.6 Å². The van der Waals surface area contributed by atoms with E-state index in [1.54, 1.807) is 20.8 Å². The molecule has 9 rings (SSSR count). The smallest absolute Gasteiger partial charge is 0.407 e. The van der Waals surface area contributed by atoms with Gasteiger partial charge in [-0.3, -0.25) is 9.59 Å². The molecule has 0 saturated carbocycles. The van der Waals surface area contributed by atoms with Crippen LogP contribution in [-0.4, -0.2) is 106 Å². The Hall–Kier alpha value is -6.53. The summed E-state index contributed by atoms with van der Waals surface area (Å²) in [7, 11) is 2.51. The van der Waals surface area contributed by atoms with Gasteiger partial charge in [0.25, 0.3) is 0 Å². The highest BCUT2D eigenvalue weighted by molar-refractivity contribution is 5.88. The fraction of sp³-hybridized carbons (Fsp3) is 0.529. The van der Waals surface area contributed by atoms with Crippen LogP contribution in [0.25, 0.3) is 22.1 Å². The number of anilines is 2. The third kappa shape index (κ3) is 9.30. The summed E-state index contributed by atoms with van der Waals surface area (Å²) in [5.74, 6) is -1.70. The molecule has 70 heavy (non-hydrogen) atoms. The fourth-order valence-electron chi connectivity index (χ4n) is 11.2. The minimum Gasteiger partial charge on any atom is -0.453 e. The topological polar surface area (TPSA) is 181 Å². The monoisotopic (exact) mass is 968 g/mol. The Labute approximate surface area is 405 Å². The Kier molecular flexibility index (Phi) is 13.9. The summed E-state index contributed by atoms with van der Waals surface area (Å²) in [6.07, 6.45) is 4.99. The number of amides is 4. The zero-order chi connectivity index (χ0) is 49.5. The molecule has 2 aromatic heterocycles. The molecule has 0 radical (unpaired) electrons. The second kappa shape index (κ2) is 20.1. The molecular weight excluding hydrogens is 906 g/mol. The van der Waals surface area contributed by atoms with Crippen LogP contribution in [0.3, 0.4) is 0 Å². The normalized spacial score (nSPS) is 21.6. The largest absolute Gasteiger partial charge is 0.453 e. The number of benzene rings is 3. The van der Waals surface area contributed by atoms with Gasteiger partial charge in [0.1, 0.15) is 35.2 Å². The number of halogens is 3. The van der Waals surface area contributed by atoms with Crippen LogP contribution in [0.1, 0.15) is 132 Å². The summed E-state index contributed by atoms with van der Waals surface area (Å²) >= 11 is 0. The number of fused-ring (bicyclic) bond motifs is 2. The molecule has 5 aromatic rings. The van der Waals surface area contributed by atoms with Crippen LogP contribution in [0.4, 0.5) is 34.1 Å². The van der Waals surface area contributed by atoms with Gasteiger partial charge in [0.15, 0.2) is 11.6 Å². The molecule has 0 spiro atoms. The number of alkyl carbamates (subject to hydrolysis) is 2. The van der Waals surface area contributed by atoms with Crippen molar-refractivity contribution in [1.29, 1.82) is 0 Å². The van der Waals surface area contributed by atoms with Crippen LogP contribution in [-0.2, 0) is 19.1 Å². The lowest BCUT2D eigenvalue weighted by atomic mass is 10.0. The van der Waals surface area contributed by atoms with Gasteiger partial charge in [-0.15, -0.1) is 0 Å². The van der Waals surface area contributed by atoms with Gasteiger partial charge in [0.05, 0.1) is 60.5 Å². The second-order valence-electron chi connectivity index (χ2n) is 19.8. The highest BCUT2D eigenvalue weighted by Crippen LogP contribution is 2.49. The average molecular weight is 969 g/mol. The number of carbonyl (C=O) groups is 4. The van der Waals surface area contributed by atoms with Gasteiger partial charge in [-0.2, -0.15) is 0 Å². The zero-order valence-electron chi connectivity index (χ0n) is 40.6. The Balaban J connectivity index is 1.05. The number of hydrogen-bond acceptors (Lipinski definition) is 10. The molecule has 4 saturated heterocycles. The van der Waals surface area contributed by atoms with Crippen molar-refractivity contribution in [2.45, 2.75) is 122 Å².